The summed E-state index contributed by atoms with van der Waals surface area (Å²) in [5.74, 6) is -1.02. The average molecular weight is 273 g/mol. The minimum atomic E-state index is -0.969. The molecular weight excluding hydrogens is 258 g/mol. The van der Waals surface area contributed by atoms with E-state index in [0.717, 1.165) is 0 Å². The quantitative estimate of drug-likeness (QED) is 0.897. The number of anilines is 1. The molecule has 0 saturated carbocycles. The Morgan fingerprint density at radius 1 is 1.15 bits per heavy atom. The Hall–Kier alpha value is -2.56. The first kappa shape index (κ1) is 13.9. The molecule has 5 heteroatoms. The molecule has 0 saturated heterocycles. The molecular formula is C15H15NO4. The lowest BCUT2D eigenvalue weighted by Gasteiger charge is -2.19. The summed E-state index contributed by atoms with van der Waals surface area (Å²) in [7, 11) is 0. The van der Waals surface area contributed by atoms with E-state index >= 15 is 0 Å². The Morgan fingerprint density at radius 3 is 2.30 bits per heavy atom. The standard InChI is InChI=1S/C15H15NO4/c1-15(2,14(18)19)10-5-7-11(8-6-10)16-13(17)12-4-3-9-20-12/h3-9H,1-2H3,(H,16,17)(H,18,19). The number of carboxylic acids is 1. The van der Waals surface area contributed by atoms with Gasteiger partial charge < -0.3 is 14.8 Å². The maximum absolute atomic E-state index is 11.8. The third-order valence-corrected chi connectivity index (χ3v) is 3.14. The van der Waals surface area contributed by atoms with Crippen molar-refractivity contribution in [1.82, 2.24) is 0 Å². The molecule has 2 rings (SSSR count). The van der Waals surface area contributed by atoms with E-state index in [9.17, 15) is 9.59 Å². The van der Waals surface area contributed by atoms with E-state index in [4.69, 9.17) is 9.52 Å². The number of carboxylic acid groups (broad SMARTS) is 1. The van der Waals surface area contributed by atoms with Gasteiger partial charge in [0.1, 0.15) is 0 Å². The molecule has 5 nitrogen and oxygen atoms in total. The van der Waals surface area contributed by atoms with Crippen molar-refractivity contribution < 1.29 is 19.1 Å². The molecule has 0 bridgehead atoms. The summed E-state index contributed by atoms with van der Waals surface area (Å²) in [5.41, 5.74) is 0.279. The number of hydrogen-bond acceptors (Lipinski definition) is 3. The van der Waals surface area contributed by atoms with E-state index in [1.165, 1.54) is 6.26 Å². The van der Waals surface area contributed by atoms with Gasteiger partial charge in [0.15, 0.2) is 5.76 Å². The Balaban J connectivity index is 2.13. The highest BCUT2D eigenvalue weighted by atomic mass is 16.4. The number of amides is 1. The summed E-state index contributed by atoms with van der Waals surface area (Å²) in [5, 5.41) is 11.8. The van der Waals surface area contributed by atoms with Crippen LogP contribution < -0.4 is 5.32 Å². The maximum atomic E-state index is 11.8. The molecule has 0 aliphatic rings. The highest BCUT2D eigenvalue weighted by Gasteiger charge is 2.29. The van der Waals surface area contributed by atoms with Crippen LogP contribution in [0, 0.1) is 0 Å². The third kappa shape index (κ3) is 2.71. The Labute approximate surface area is 116 Å². The first-order valence-electron chi connectivity index (χ1n) is 6.10. The van der Waals surface area contributed by atoms with Crippen LogP contribution in [-0.2, 0) is 10.2 Å². The lowest BCUT2D eigenvalue weighted by atomic mass is 9.85. The average Bonchev–Trinajstić information content (AvgIpc) is 2.93. The number of rotatable bonds is 4. The van der Waals surface area contributed by atoms with Crippen molar-refractivity contribution in [3.63, 3.8) is 0 Å². The van der Waals surface area contributed by atoms with Crippen molar-refractivity contribution in [3.05, 3.63) is 54.0 Å². The molecule has 104 valence electrons. The monoisotopic (exact) mass is 273 g/mol. The molecule has 0 aliphatic heterocycles. The van der Waals surface area contributed by atoms with E-state index < -0.39 is 11.4 Å². The molecule has 2 aromatic rings. The number of hydrogen-bond donors (Lipinski definition) is 2. The van der Waals surface area contributed by atoms with Crippen molar-refractivity contribution in [2.24, 2.45) is 0 Å². The number of nitrogens with one attached hydrogen (secondary N) is 1. The normalized spacial score (nSPS) is 11.1. The van der Waals surface area contributed by atoms with Gasteiger partial charge in [0.2, 0.25) is 0 Å². The topological polar surface area (TPSA) is 79.5 Å². The first-order chi connectivity index (χ1) is 9.41. The molecule has 0 spiro atoms. The number of furan rings is 1. The molecule has 2 N–H and O–H groups in total. The molecule has 20 heavy (non-hydrogen) atoms. The third-order valence-electron chi connectivity index (χ3n) is 3.14. The lowest BCUT2D eigenvalue weighted by molar-refractivity contribution is -0.142. The zero-order valence-corrected chi connectivity index (χ0v) is 11.2. The largest absolute Gasteiger partial charge is 0.481 e. The van der Waals surface area contributed by atoms with Gasteiger partial charge in [-0.05, 0) is 43.7 Å². The van der Waals surface area contributed by atoms with Crippen LogP contribution >= 0.6 is 0 Å². The highest BCUT2D eigenvalue weighted by Crippen LogP contribution is 2.24. The summed E-state index contributed by atoms with van der Waals surface area (Å²) < 4.78 is 4.99. The molecule has 1 aromatic heterocycles. The summed E-state index contributed by atoms with van der Waals surface area (Å²) in [4.78, 5) is 22.9. The molecule has 0 radical (unpaired) electrons. The molecule has 1 aromatic carbocycles. The second kappa shape index (κ2) is 5.21. The van der Waals surface area contributed by atoms with Crippen LogP contribution in [0.2, 0.25) is 0 Å². The van der Waals surface area contributed by atoms with E-state index in [2.05, 4.69) is 5.32 Å². The van der Waals surface area contributed by atoms with Gasteiger partial charge in [0.05, 0.1) is 11.7 Å². The second-order valence-electron chi connectivity index (χ2n) is 4.94. The van der Waals surface area contributed by atoms with Crippen LogP contribution in [0.25, 0.3) is 0 Å². The SMILES string of the molecule is CC(C)(C(=O)O)c1ccc(NC(=O)c2ccco2)cc1. The smallest absolute Gasteiger partial charge is 0.313 e. The maximum Gasteiger partial charge on any atom is 0.313 e. The molecule has 1 heterocycles. The van der Waals surface area contributed by atoms with Crippen molar-refractivity contribution >= 4 is 17.6 Å². The van der Waals surface area contributed by atoms with Gasteiger partial charge in [-0.25, -0.2) is 0 Å². The van der Waals surface area contributed by atoms with Crippen LogP contribution in [0.3, 0.4) is 0 Å². The summed E-state index contributed by atoms with van der Waals surface area (Å²) >= 11 is 0. The second-order valence-corrected chi connectivity index (χ2v) is 4.94. The zero-order chi connectivity index (χ0) is 14.8. The van der Waals surface area contributed by atoms with Gasteiger partial charge in [-0.3, -0.25) is 9.59 Å². The fourth-order valence-electron chi connectivity index (χ4n) is 1.69. The van der Waals surface area contributed by atoms with E-state index in [-0.39, 0.29) is 11.7 Å². The Bertz CT molecular complexity index is 612. The summed E-state index contributed by atoms with van der Waals surface area (Å²) in [6, 6.07) is 9.91. The van der Waals surface area contributed by atoms with Gasteiger partial charge in [-0.2, -0.15) is 0 Å². The van der Waals surface area contributed by atoms with Gasteiger partial charge in [-0.1, -0.05) is 12.1 Å². The van der Waals surface area contributed by atoms with Crippen LogP contribution in [0.1, 0.15) is 30.0 Å². The van der Waals surface area contributed by atoms with Crippen molar-refractivity contribution in [1.29, 1.82) is 0 Å². The Kier molecular flexibility index (Phi) is 3.61. The number of carbonyl (C=O) groups excluding carboxylic acids is 1. The fourth-order valence-corrected chi connectivity index (χ4v) is 1.69. The minimum absolute atomic E-state index is 0.222. The fraction of sp³-hybridized carbons (Fsp3) is 0.200. The number of carbonyl (C=O) groups is 2. The predicted octanol–water partition coefficient (Wildman–Crippen LogP) is 2.89. The highest BCUT2D eigenvalue weighted by molar-refractivity contribution is 6.02. The first-order valence-corrected chi connectivity index (χ1v) is 6.10. The van der Waals surface area contributed by atoms with E-state index in [1.807, 2.05) is 0 Å². The van der Waals surface area contributed by atoms with Gasteiger partial charge in [0.25, 0.3) is 5.91 Å². The molecule has 0 fully saturated rings. The lowest BCUT2D eigenvalue weighted by Crippen LogP contribution is -2.28. The van der Waals surface area contributed by atoms with Crippen molar-refractivity contribution in [2.45, 2.75) is 19.3 Å². The molecule has 0 aliphatic carbocycles. The van der Waals surface area contributed by atoms with Crippen LogP contribution in [0.15, 0.2) is 47.1 Å². The van der Waals surface area contributed by atoms with Gasteiger partial charge in [0, 0.05) is 5.69 Å². The van der Waals surface area contributed by atoms with E-state index in [1.54, 1.807) is 50.2 Å². The van der Waals surface area contributed by atoms with Gasteiger partial charge >= 0.3 is 5.97 Å². The predicted molar refractivity (Wildman–Crippen MR) is 73.8 cm³/mol. The zero-order valence-electron chi connectivity index (χ0n) is 11.2. The Morgan fingerprint density at radius 2 is 1.80 bits per heavy atom. The summed E-state index contributed by atoms with van der Waals surface area (Å²) in [6.45, 7) is 3.26. The van der Waals surface area contributed by atoms with Crippen molar-refractivity contribution in [3.8, 4) is 0 Å². The summed E-state index contributed by atoms with van der Waals surface area (Å²) in [6.07, 6.45) is 1.42. The van der Waals surface area contributed by atoms with Crippen molar-refractivity contribution in [2.75, 3.05) is 5.32 Å². The van der Waals surface area contributed by atoms with Gasteiger partial charge in [-0.15, -0.1) is 0 Å². The molecule has 0 unspecified atom stereocenters. The van der Waals surface area contributed by atoms with Crippen LogP contribution in [0.4, 0.5) is 5.69 Å². The number of benzene rings is 1. The minimum Gasteiger partial charge on any atom is -0.481 e. The van der Waals surface area contributed by atoms with Crippen LogP contribution in [-0.4, -0.2) is 17.0 Å². The van der Waals surface area contributed by atoms with E-state index in [0.29, 0.717) is 11.3 Å². The number of aliphatic carboxylic acids is 1. The van der Waals surface area contributed by atoms with Crippen LogP contribution in [0.5, 0.6) is 0 Å². The molecule has 0 atom stereocenters. The molecule has 1 amide bonds.